The van der Waals surface area contributed by atoms with Gasteiger partial charge in [-0.05, 0) is 70.7 Å². The lowest BCUT2D eigenvalue weighted by Gasteiger charge is -2.27. The summed E-state index contributed by atoms with van der Waals surface area (Å²) < 4.78 is 6.70. The maximum Gasteiger partial charge on any atom is 0.147 e. The lowest BCUT2D eigenvalue weighted by atomic mass is 10.0. The molecule has 1 aliphatic rings. The van der Waals surface area contributed by atoms with Crippen molar-refractivity contribution in [3.63, 3.8) is 0 Å². The molecule has 0 atom stereocenters. The second-order valence-corrected chi connectivity index (χ2v) is 8.44. The maximum absolute atomic E-state index is 5.01. The Hall–Kier alpha value is -2.63. The molecule has 3 heterocycles. The van der Waals surface area contributed by atoms with Gasteiger partial charge in [0, 0.05) is 37.0 Å². The number of fused-ring (bicyclic) bond motifs is 1. The van der Waals surface area contributed by atoms with Gasteiger partial charge in [0.25, 0.3) is 0 Å². The predicted octanol–water partition coefficient (Wildman–Crippen LogP) is 5.19. The molecule has 31 heavy (non-hydrogen) atoms. The minimum Gasteiger partial charge on any atom is -0.370 e. The number of aryl methyl sites for hydroxylation is 5. The minimum atomic E-state index is 0.319. The third-order valence-electron chi connectivity index (χ3n) is 6.00. The highest BCUT2D eigenvalue weighted by Crippen LogP contribution is 2.37. The fourth-order valence-corrected chi connectivity index (χ4v) is 4.58. The number of aromatic nitrogens is 2. The van der Waals surface area contributed by atoms with Crippen LogP contribution in [0.15, 0.2) is 30.4 Å². The smallest absolute Gasteiger partial charge is 0.147 e. The highest BCUT2D eigenvalue weighted by atomic mass is 16.5. The van der Waals surface area contributed by atoms with E-state index in [1.165, 1.54) is 44.7 Å². The van der Waals surface area contributed by atoms with E-state index >= 15 is 0 Å². The molecular weight excluding hydrogens is 384 g/mol. The van der Waals surface area contributed by atoms with Gasteiger partial charge in [-0.2, -0.15) is 0 Å². The molecule has 0 saturated heterocycles. The van der Waals surface area contributed by atoms with Crippen LogP contribution in [0.5, 0.6) is 0 Å². The van der Waals surface area contributed by atoms with Gasteiger partial charge in [-0.1, -0.05) is 29.8 Å². The summed E-state index contributed by atoms with van der Waals surface area (Å²) in [4.78, 5) is 7.50. The molecule has 4 rings (SSSR count). The molecule has 2 N–H and O–H groups in total. The summed E-state index contributed by atoms with van der Waals surface area (Å²) in [7, 11) is 1.56. The van der Waals surface area contributed by atoms with Crippen molar-refractivity contribution >= 4 is 16.7 Å². The van der Waals surface area contributed by atoms with Gasteiger partial charge in [0.05, 0.1) is 18.1 Å². The summed E-state index contributed by atoms with van der Waals surface area (Å²) in [5, 5.41) is 1.30. The summed E-state index contributed by atoms with van der Waals surface area (Å²) in [6, 6.07) is 6.80. The number of pyridine rings is 1. The third kappa shape index (κ3) is 4.53. The molecule has 5 heteroatoms. The van der Waals surface area contributed by atoms with E-state index in [9.17, 15) is 0 Å². The lowest BCUT2D eigenvalue weighted by molar-refractivity contribution is 0.207. The third-order valence-corrected chi connectivity index (χ3v) is 6.00. The lowest BCUT2D eigenvalue weighted by Crippen LogP contribution is -2.27. The van der Waals surface area contributed by atoms with Gasteiger partial charge in [-0.3, -0.25) is 4.57 Å². The average Bonchev–Trinajstić information content (AvgIpc) is 2.98. The van der Waals surface area contributed by atoms with E-state index in [1.54, 1.807) is 7.11 Å². The highest BCUT2D eigenvalue weighted by molar-refractivity contribution is 5.96. The van der Waals surface area contributed by atoms with Crippen molar-refractivity contribution in [1.82, 2.24) is 9.55 Å². The molecular formula is C26H36N4O. The maximum atomic E-state index is 5.01. The minimum absolute atomic E-state index is 0.319. The van der Waals surface area contributed by atoms with Crippen molar-refractivity contribution in [3.8, 4) is 5.69 Å². The number of ether oxygens (including phenoxy) is 1. The number of nitrogens with two attached hydrogens (primary N) is 1. The van der Waals surface area contributed by atoms with Crippen LogP contribution in [0.3, 0.4) is 0 Å². The number of rotatable bonds is 3. The topological polar surface area (TPSA) is 56.3 Å². The monoisotopic (exact) mass is 420 g/mol. The van der Waals surface area contributed by atoms with E-state index in [4.69, 9.17) is 10.7 Å². The first-order valence-electron chi connectivity index (χ1n) is 11.0. The molecule has 0 bridgehead atoms. The summed E-state index contributed by atoms with van der Waals surface area (Å²) in [5.74, 6) is 0. The van der Waals surface area contributed by atoms with Crippen LogP contribution in [0.4, 0.5) is 5.69 Å². The Labute approximate surface area is 186 Å². The number of methoxy groups -OCH3 is 1. The van der Waals surface area contributed by atoms with Gasteiger partial charge in [0.15, 0.2) is 0 Å². The molecule has 3 aromatic rings. The molecule has 2 aromatic heterocycles. The van der Waals surface area contributed by atoms with Crippen molar-refractivity contribution in [2.75, 3.05) is 31.8 Å². The first-order chi connectivity index (χ1) is 14.8. The highest BCUT2D eigenvalue weighted by Gasteiger charge is 2.22. The largest absolute Gasteiger partial charge is 0.370 e. The number of hydrogen-bond donors (Lipinski definition) is 1. The van der Waals surface area contributed by atoms with Gasteiger partial charge in [0.2, 0.25) is 0 Å². The Morgan fingerprint density at radius 3 is 2.19 bits per heavy atom. The predicted molar refractivity (Wildman–Crippen MR) is 132 cm³/mol. The number of benzene rings is 1. The van der Waals surface area contributed by atoms with Gasteiger partial charge in [-0.15, -0.1) is 0 Å². The normalized spacial score (nSPS) is 13.5. The summed E-state index contributed by atoms with van der Waals surface area (Å²) in [6.45, 7) is 15.5. The molecule has 166 valence electrons. The van der Waals surface area contributed by atoms with Crippen LogP contribution in [-0.4, -0.2) is 36.5 Å². The Bertz CT molecular complexity index is 1090. The Morgan fingerprint density at radius 2 is 1.65 bits per heavy atom. The van der Waals surface area contributed by atoms with E-state index < -0.39 is 0 Å². The molecule has 1 aliphatic heterocycles. The van der Waals surface area contributed by atoms with Crippen LogP contribution in [0.2, 0.25) is 0 Å². The zero-order valence-electron chi connectivity index (χ0n) is 20.0. The molecule has 0 aliphatic carbocycles. The Balaban J connectivity index is 0.000000628. The van der Waals surface area contributed by atoms with Gasteiger partial charge in [0.1, 0.15) is 5.65 Å². The van der Waals surface area contributed by atoms with Crippen molar-refractivity contribution < 1.29 is 4.74 Å². The van der Waals surface area contributed by atoms with Crippen LogP contribution in [0, 0.1) is 41.5 Å². The molecule has 0 amide bonds. The zero-order valence-corrected chi connectivity index (χ0v) is 20.0. The Kier molecular flexibility index (Phi) is 7.19. The molecule has 0 unspecified atom stereocenters. The van der Waals surface area contributed by atoms with E-state index in [0.717, 1.165) is 30.9 Å². The first kappa shape index (κ1) is 23.0. The van der Waals surface area contributed by atoms with E-state index in [2.05, 4.69) is 86.1 Å². The SMILES string of the molecule is COCN.Cc1cc(C)c(-n2c(C)c(C)c3c(N4CC=CCC4)cc(C)nc32)c(C)c1. The molecule has 0 spiro atoms. The number of nitrogens with zero attached hydrogens (tertiary/aromatic N) is 3. The van der Waals surface area contributed by atoms with E-state index in [-0.39, 0.29) is 0 Å². The van der Waals surface area contributed by atoms with Crippen LogP contribution in [0.1, 0.15) is 40.1 Å². The molecule has 0 fully saturated rings. The van der Waals surface area contributed by atoms with Gasteiger partial charge in [-0.25, -0.2) is 4.98 Å². The van der Waals surface area contributed by atoms with Gasteiger partial charge >= 0.3 is 0 Å². The van der Waals surface area contributed by atoms with Crippen LogP contribution < -0.4 is 10.6 Å². The fraction of sp³-hybridized carbons (Fsp3) is 0.423. The second kappa shape index (κ2) is 9.67. The number of anilines is 1. The second-order valence-electron chi connectivity index (χ2n) is 8.44. The molecule has 5 nitrogen and oxygen atoms in total. The summed E-state index contributed by atoms with van der Waals surface area (Å²) >= 11 is 0. The molecule has 0 saturated carbocycles. The average molecular weight is 421 g/mol. The van der Waals surface area contributed by atoms with Crippen molar-refractivity contribution in [3.05, 3.63) is 64.0 Å². The van der Waals surface area contributed by atoms with Crippen LogP contribution in [0.25, 0.3) is 16.7 Å². The standard InChI is InChI=1S/C24H29N3.C2H7NO/c1-15-12-16(2)23(17(3)13-15)27-20(6)19(5)22-21(14-18(4)25-24(22)27)26-10-8-7-9-11-26;1-4-2-3/h7-8,12-14H,9-11H2,1-6H3;2-3H2,1H3. The van der Waals surface area contributed by atoms with Crippen LogP contribution >= 0.6 is 0 Å². The first-order valence-corrected chi connectivity index (χ1v) is 11.0. The molecule has 1 aromatic carbocycles. The number of hydrogen-bond acceptors (Lipinski definition) is 4. The van der Waals surface area contributed by atoms with E-state index in [1.807, 2.05) is 0 Å². The quantitative estimate of drug-likeness (QED) is 0.468. The zero-order chi connectivity index (χ0) is 22.7. The fourth-order valence-electron chi connectivity index (χ4n) is 4.58. The van der Waals surface area contributed by atoms with Gasteiger partial charge < -0.3 is 15.4 Å². The molecule has 0 radical (unpaired) electrons. The Morgan fingerprint density at radius 1 is 1.00 bits per heavy atom. The van der Waals surface area contributed by atoms with Crippen LogP contribution in [-0.2, 0) is 4.74 Å². The summed E-state index contributed by atoms with van der Waals surface area (Å²) in [5.41, 5.74) is 16.1. The summed E-state index contributed by atoms with van der Waals surface area (Å²) in [6.07, 6.45) is 5.67. The van der Waals surface area contributed by atoms with Crippen molar-refractivity contribution in [1.29, 1.82) is 0 Å². The van der Waals surface area contributed by atoms with Crippen molar-refractivity contribution in [2.45, 2.75) is 48.0 Å². The van der Waals surface area contributed by atoms with E-state index in [0.29, 0.717) is 6.73 Å². The van der Waals surface area contributed by atoms with Crippen molar-refractivity contribution in [2.24, 2.45) is 5.73 Å².